The molecular weight excluding hydrogens is 256 g/mol. The van der Waals surface area contributed by atoms with E-state index in [2.05, 4.69) is 17.4 Å². The number of anilines is 1. The van der Waals surface area contributed by atoms with Crippen molar-refractivity contribution in [3.05, 3.63) is 29.3 Å². The molecule has 0 radical (unpaired) electrons. The van der Waals surface area contributed by atoms with Crippen molar-refractivity contribution < 1.29 is 4.79 Å². The lowest BCUT2D eigenvalue weighted by atomic mass is 10.0. The van der Waals surface area contributed by atoms with Crippen molar-refractivity contribution in [3.63, 3.8) is 0 Å². The predicted molar refractivity (Wildman–Crippen MR) is 82.3 cm³/mol. The number of fused-ring (bicyclic) bond motifs is 1. The van der Waals surface area contributed by atoms with E-state index in [4.69, 9.17) is 18.0 Å². The molecule has 1 aliphatic rings. The first kappa shape index (κ1) is 14.0. The highest BCUT2D eigenvalue weighted by atomic mass is 32.1. The van der Waals surface area contributed by atoms with Crippen LogP contribution in [-0.2, 0) is 17.6 Å². The molecule has 3 nitrogen and oxygen atoms in total. The highest BCUT2D eigenvalue weighted by Gasteiger charge is 2.21. The molecule has 1 aromatic rings. The van der Waals surface area contributed by atoms with E-state index >= 15 is 0 Å². The van der Waals surface area contributed by atoms with Crippen molar-refractivity contribution in [2.24, 2.45) is 11.7 Å². The summed E-state index contributed by atoms with van der Waals surface area (Å²) in [5, 5.41) is 2.93. The topological polar surface area (TPSA) is 55.1 Å². The van der Waals surface area contributed by atoms with E-state index in [1.165, 1.54) is 17.5 Å². The molecule has 1 amide bonds. The molecule has 0 saturated heterocycles. The van der Waals surface area contributed by atoms with Gasteiger partial charge in [-0.1, -0.05) is 31.6 Å². The Bertz CT molecular complexity index is 499. The lowest BCUT2D eigenvalue weighted by Crippen LogP contribution is -2.33. The molecule has 1 unspecified atom stereocenters. The Morgan fingerprint density at radius 1 is 1.42 bits per heavy atom. The number of thiocarbonyl (C=S) groups is 1. The third kappa shape index (κ3) is 3.32. The molecule has 3 N–H and O–H groups in total. The predicted octanol–water partition coefficient (Wildman–Crippen LogP) is 2.82. The normalized spacial score (nSPS) is 14.8. The zero-order valence-corrected chi connectivity index (χ0v) is 12.1. The van der Waals surface area contributed by atoms with E-state index in [0.717, 1.165) is 24.9 Å². The lowest BCUT2D eigenvalue weighted by molar-refractivity contribution is -0.118. The maximum Gasteiger partial charge on any atom is 0.234 e. The molecule has 1 aromatic carbocycles. The van der Waals surface area contributed by atoms with Crippen molar-refractivity contribution in [1.82, 2.24) is 0 Å². The van der Waals surface area contributed by atoms with Crippen LogP contribution in [0.1, 0.15) is 37.3 Å². The van der Waals surface area contributed by atoms with Crippen LogP contribution in [0.15, 0.2) is 18.2 Å². The highest BCUT2D eigenvalue weighted by Crippen LogP contribution is 2.25. The average molecular weight is 276 g/mol. The van der Waals surface area contributed by atoms with Crippen LogP contribution < -0.4 is 11.1 Å². The molecule has 2 rings (SSSR count). The van der Waals surface area contributed by atoms with Gasteiger partial charge in [-0.3, -0.25) is 4.79 Å². The fourth-order valence-electron chi connectivity index (χ4n) is 2.57. The summed E-state index contributed by atoms with van der Waals surface area (Å²) in [6, 6.07) is 6.14. The minimum Gasteiger partial charge on any atom is -0.393 e. The van der Waals surface area contributed by atoms with Crippen molar-refractivity contribution in [3.8, 4) is 0 Å². The summed E-state index contributed by atoms with van der Waals surface area (Å²) in [6.45, 7) is 2.02. The van der Waals surface area contributed by atoms with Crippen LogP contribution in [0.25, 0.3) is 0 Å². The van der Waals surface area contributed by atoms with Crippen LogP contribution in [0.4, 0.5) is 5.69 Å². The summed E-state index contributed by atoms with van der Waals surface area (Å²) >= 11 is 4.97. The number of nitrogens with two attached hydrogens (primary N) is 1. The zero-order valence-electron chi connectivity index (χ0n) is 11.2. The number of carbonyl (C=O) groups excluding carboxylic acids is 1. The van der Waals surface area contributed by atoms with Gasteiger partial charge in [0.1, 0.15) is 0 Å². The van der Waals surface area contributed by atoms with Crippen molar-refractivity contribution in [1.29, 1.82) is 0 Å². The van der Waals surface area contributed by atoms with Crippen molar-refractivity contribution >= 4 is 28.8 Å². The molecule has 0 heterocycles. The third-order valence-corrected chi connectivity index (χ3v) is 3.89. The summed E-state index contributed by atoms with van der Waals surface area (Å²) < 4.78 is 0. The monoisotopic (exact) mass is 276 g/mol. The largest absolute Gasteiger partial charge is 0.393 e. The molecule has 0 saturated carbocycles. The maximum atomic E-state index is 12.2. The van der Waals surface area contributed by atoms with Crippen LogP contribution in [0.3, 0.4) is 0 Å². The molecule has 0 aromatic heterocycles. The molecule has 1 atom stereocenters. The first-order valence-electron chi connectivity index (χ1n) is 6.83. The van der Waals surface area contributed by atoms with Gasteiger partial charge in [-0.15, -0.1) is 0 Å². The van der Waals surface area contributed by atoms with E-state index in [9.17, 15) is 4.79 Å². The minimum atomic E-state index is -0.367. The lowest BCUT2D eigenvalue weighted by Gasteiger charge is -2.15. The van der Waals surface area contributed by atoms with Gasteiger partial charge in [-0.05, 0) is 48.9 Å². The third-order valence-electron chi connectivity index (χ3n) is 3.60. The number of hydrogen-bond donors (Lipinski definition) is 2. The fraction of sp³-hybridized carbons (Fsp3) is 0.467. The smallest absolute Gasteiger partial charge is 0.234 e. The molecule has 0 aliphatic heterocycles. The number of carbonyl (C=O) groups is 1. The fourth-order valence-corrected chi connectivity index (χ4v) is 2.80. The standard InChI is InChI=1S/C15H20N2OS/c1-2-4-13(14(16)19)15(18)17-12-8-7-10-5-3-6-11(10)9-12/h7-9,13H,2-6H2,1H3,(H2,16,19)(H,17,18). The van der Waals surface area contributed by atoms with Crippen molar-refractivity contribution in [2.45, 2.75) is 39.0 Å². The van der Waals surface area contributed by atoms with E-state index in [1.54, 1.807) is 0 Å². The second-order valence-corrected chi connectivity index (χ2v) is 5.54. The summed E-state index contributed by atoms with van der Waals surface area (Å²) in [7, 11) is 0. The van der Waals surface area contributed by atoms with Gasteiger partial charge in [-0.2, -0.15) is 0 Å². The Morgan fingerprint density at radius 2 is 2.16 bits per heavy atom. The van der Waals surface area contributed by atoms with Crippen LogP contribution in [0.5, 0.6) is 0 Å². The van der Waals surface area contributed by atoms with Gasteiger partial charge in [0, 0.05) is 5.69 Å². The first-order chi connectivity index (χ1) is 9.11. The molecule has 0 fully saturated rings. The second-order valence-electron chi connectivity index (χ2n) is 5.07. The Kier molecular flexibility index (Phi) is 4.53. The Labute approximate surface area is 119 Å². The van der Waals surface area contributed by atoms with Gasteiger partial charge < -0.3 is 11.1 Å². The van der Waals surface area contributed by atoms with Crippen LogP contribution in [0, 0.1) is 5.92 Å². The Hall–Kier alpha value is -1.42. The molecular formula is C15H20N2OS. The molecule has 19 heavy (non-hydrogen) atoms. The number of rotatable bonds is 5. The second kappa shape index (κ2) is 6.15. The van der Waals surface area contributed by atoms with Crippen LogP contribution in [0.2, 0.25) is 0 Å². The number of amides is 1. The van der Waals surface area contributed by atoms with Gasteiger partial charge in [0.05, 0.1) is 10.9 Å². The summed E-state index contributed by atoms with van der Waals surface area (Å²) in [5.74, 6) is -0.458. The van der Waals surface area contributed by atoms with E-state index < -0.39 is 0 Å². The number of nitrogens with one attached hydrogen (secondary N) is 1. The summed E-state index contributed by atoms with van der Waals surface area (Å²) in [4.78, 5) is 12.4. The molecule has 0 spiro atoms. The van der Waals surface area contributed by atoms with Gasteiger partial charge in [0.15, 0.2) is 0 Å². The average Bonchev–Trinajstić information content (AvgIpc) is 2.82. The van der Waals surface area contributed by atoms with Gasteiger partial charge in [-0.25, -0.2) is 0 Å². The summed E-state index contributed by atoms with van der Waals surface area (Å²) in [6.07, 6.45) is 5.05. The highest BCUT2D eigenvalue weighted by molar-refractivity contribution is 7.80. The zero-order chi connectivity index (χ0) is 13.8. The number of benzene rings is 1. The SMILES string of the molecule is CCCC(C(=O)Nc1ccc2c(c1)CCC2)C(N)=S. The molecule has 4 heteroatoms. The van der Waals surface area contributed by atoms with E-state index in [1.807, 2.05) is 13.0 Å². The number of aryl methyl sites for hydroxylation is 2. The number of hydrogen-bond acceptors (Lipinski definition) is 2. The molecule has 102 valence electrons. The quantitative estimate of drug-likeness (QED) is 0.813. The van der Waals surface area contributed by atoms with Crippen LogP contribution >= 0.6 is 12.2 Å². The van der Waals surface area contributed by atoms with Crippen LogP contribution in [-0.4, -0.2) is 10.9 Å². The minimum absolute atomic E-state index is 0.0905. The molecule has 0 bridgehead atoms. The van der Waals surface area contributed by atoms with Gasteiger partial charge in [0.2, 0.25) is 5.91 Å². The first-order valence-corrected chi connectivity index (χ1v) is 7.24. The van der Waals surface area contributed by atoms with Crippen molar-refractivity contribution in [2.75, 3.05) is 5.32 Å². The van der Waals surface area contributed by atoms with Gasteiger partial charge in [0.25, 0.3) is 0 Å². The van der Waals surface area contributed by atoms with E-state index in [-0.39, 0.29) is 16.8 Å². The summed E-state index contributed by atoms with van der Waals surface area (Å²) in [5.41, 5.74) is 9.24. The van der Waals surface area contributed by atoms with E-state index in [0.29, 0.717) is 6.42 Å². The molecule has 1 aliphatic carbocycles. The Morgan fingerprint density at radius 3 is 2.84 bits per heavy atom. The maximum absolute atomic E-state index is 12.2. The van der Waals surface area contributed by atoms with Gasteiger partial charge >= 0.3 is 0 Å². The Balaban J connectivity index is 2.07.